The summed E-state index contributed by atoms with van der Waals surface area (Å²) >= 11 is 1.19. The van der Waals surface area contributed by atoms with E-state index in [0.29, 0.717) is 28.2 Å². The number of aliphatic imine (C=N–C) groups is 1. The highest BCUT2D eigenvalue weighted by molar-refractivity contribution is 8.18. The van der Waals surface area contributed by atoms with Gasteiger partial charge in [-0.15, -0.1) is 0 Å². The molecular formula is C31H23F6N3O3S. The Hall–Kier alpha value is -4.52. The summed E-state index contributed by atoms with van der Waals surface area (Å²) in [5.74, 6) is -0.213. The molecule has 44 heavy (non-hydrogen) atoms. The molecular weight excluding hydrogens is 608 g/mol. The molecule has 0 radical (unpaired) electrons. The number of alkyl halides is 6. The first-order chi connectivity index (χ1) is 20.8. The number of thioether (sulfide) groups is 1. The van der Waals surface area contributed by atoms with Crippen LogP contribution in [0.25, 0.3) is 17.0 Å². The van der Waals surface area contributed by atoms with Crippen LogP contribution in [0, 0.1) is 0 Å². The molecule has 13 heteroatoms. The van der Waals surface area contributed by atoms with Crippen molar-refractivity contribution in [2.24, 2.45) is 4.99 Å². The lowest BCUT2D eigenvalue weighted by Gasteiger charge is -2.18. The standard InChI is InChI=1S/C31H23F6N3O3S/c1-40(16-19-5-9-24-20(12-19)4-3-11-38-24)29-39-28(41)27(44-29)14-18-6-10-25(26(13-18)42-2)43-17-21-7-8-22(30(32,33)34)15-23(21)31(35,36)37/h3-15H,16-17H2,1-2H3/b27-14-. The molecule has 0 unspecified atom stereocenters. The van der Waals surface area contributed by atoms with E-state index in [-0.39, 0.29) is 17.6 Å². The molecule has 0 saturated heterocycles. The van der Waals surface area contributed by atoms with Crippen molar-refractivity contribution in [1.29, 1.82) is 0 Å². The highest BCUT2D eigenvalue weighted by atomic mass is 32.2. The van der Waals surface area contributed by atoms with E-state index >= 15 is 0 Å². The average molecular weight is 632 g/mol. The summed E-state index contributed by atoms with van der Waals surface area (Å²) in [7, 11) is 3.15. The van der Waals surface area contributed by atoms with Crippen LogP contribution in [0.5, 0.6) is 11.5 Å². The molecule has 0 spiro atoms. The summed E-state index contributed by atoms with van der Waals surface area (Å²) in [6, 6.07) is 15.7. The molecule has 0 saturated carbocycles. The van der Waals surface area contributed by atoms with Gasteiger partial charge in [-0.1, -0.05) is 24.3 Å². The van der Waals surface area contributed by atoms with Crippen molar-refractivity contribution in [3.05, 3.63) is 106 Å². The minimum Gasteiger partial charge on any atom is -0.493 e. The van der Waals surface area contributed by atoms with Gasteiger partial charge in [0, 0.05) is 30.7 Å². The SMILES string of the molecule is COc1cc(/C=C2\SC(N(C)Cc3ccc4ncccc4c3)=NC2=O)ccc1OCc1ccc(C(F)(F)F)cc1C(F)(F)F. The first-order valence-corrected chi connectivity index (χ1v) is 13.8. The number of halogens is 6. The monoisotopic (exact) mass is 631 g/mol. The highest BCUT2D eigenvalue weighted by Crippen LogP contribution is 2.39. The first kappa shape index (κ1) is 30.9. The molecule has 1 aliphatic heterocycles. The van der Waals surface area contributed by atoms with Gasteiger partial charge in [0.05, 0.1) is 28.7 Å². The summed E-state index contributed by atoms with van der Waals surface area (Å²) in [6.45, 7) is -0.151. The van der Waals surface area contributed by atoms with Gasteiger partial charge in [-0.2, -0.15) is 31.3 Å². The Balaban J connectivity index is 1.28. The fraction of sp³-hybridized carbons (Fsp3) is 0.194. The fourth-order valence-corrected chi connectivity index (χ4v) is 5.34. The maximum atomic E-state index is 13.5. The van der Waals surface area contributed by atoms with Gasteiger partial charge in [0.2, 0.25) is 0 Å². The van der Waals surface area contributed by atoms with E-state index in [0.717, 1.165) is 22.5 Å². The van der Waals surface area contributed by atoms with Gasteiger partial charge in [-0.25, -0.2) is 0 Å². The number of amides is 1. The van der Waals surface area contributed by atoms with Gasteiger partial charge in [-0.3, -0.25) is 9.78 Å². The predicted molar refractivity (Wildman–Crippen MR) is 155 cm³/mol. The number of benzene rings is 3. The van der Waals surface area contributed by atoms with Gasteiger partial charge in [0.25, 0.3) is 5.91 Å². The number of pyridine rings is 1. The molecule has 4 aromatic rings. The number of rotatable bonds is 7. The Morgan fingerprint density at radius 1 is 0.932 bits per heavy atom. The van der Waals surface area contributed by atoms with Gasteiger partial charge in [0.15, 0.2) is 16.7 Å². The highest BCUT2D eigenvalue weighted by Gasteiger charge is 2.38. The largest absolute Gasteiger partial charge is 0.493 e. The maximum absolute atomic E-state index is 13.5. The van der Waals surface area contributed by atoms with E-state index in [1.54, 1.807) is 18.3 Å². The van der Waals surface area contributed by atoms with Gasteiger partial charge >= 0.3 is 12.4 Å². The normalized spacial score (nSPS) is 14.7. The lowest BCUT2D eigenvalue weighted by Crippen LogP contribution is -2.22. The number of carbonyl (C=O) groups excluding carboxylic acids is 1. The molecule has 6 nitrogen and oxygen atoms in total. The van der Waals surface area contributed by atoms with Crippen molar-refractivity contribution in [2.75, 3.05) is 14.2 Å². The maximum Gasteiger partial charge on any atom is 0.416 e. The zero-order chi connectivity index (χ0) is 31.6. The number of nitrogens with zero attached hydrogens (tertiary/aromatic N) is 3. The zero-order valence-corrected chi connectivity index (χ0v) is 24.0. The number of hydrogen-bond donors (Lipinski definition) is 0. The third kappa shape index (κ3) is 6.99. The van der Waals surface area contributed by atoms with Crippen LogP contribution in [0.4, 0.5) is 26.3 Å². The third-order valence-corrected chi connectivity index (χ3v) is 7.73. The fourth-order valence-electron chi connectivity index (χ4n) is 4.47. The minimum absolute atomic E-state index is 0.0640. The Bertz CT molecular complexity index is 1790. The molecule has 0 atom stereocenters. The van der Waals surface area contributed by atoms with Crippen LogP contribution >= 0.6 is 11.8 Å². The number of methoxy groups -OCH3 is 1. The van der Waals surface area contributed by atoms with Crippen LogP contribution in [-0.2, 0) is 30.3 Å². The zero-order valence-electron chi connectivity index (χ0n) is 23.2. The van der Waals surface area contributed by atoms with Crippen molar-refractivity contribution >= 4 is 39.8 Å². The summed E-state index contributed by atoms with van der Waals surface area (Å²) < 4.78 is 90.3. The molecule has 1 aromatic heterocycles. The van der Waals surface area contributed by atoms with Crippen LogP contribution in [0.15, 0.2) is 82.8 Å². The molecule has 0 aliphatic carbocycles. The summed E-state index contributed by atoms with van der Waals surface area (Å²) in [4.78, 5) is 23.4. The number of ether oxygens (including phenoxy) is 2. The average Bonchev–Trinajstić information content (AvgIpc) is 3.35. The second-order valence-electron chi connectivity index (χ2n) is 9.76. The van der Waals surface area contributed by atoms with Crippen molar-refractivity contribution in [3.8, 4) is 11.5 Å². The lowest BCUT2D eigenvalue weighted by atomic mass is 10.0. The second-order valence-corrected chi connectivity index (χ2v) is 10.8. The molecule has 1 amide bonds. The summed E-state index contributed by atoms with van der Waals surface area (Å²) in [6.07, 6.45) is -6.62. The van der Waals surface area contributed by atoms with Crippen molar-refractivity contribution in [3.63, 3.8) is 0 Å². The quantitative estimate of drug-likeness (QED) is 0.152. The van der Waals surface area contributed by atoms with E-state index in [9.17, 15) is 31.1 Å². The Morgan fingerprint density at radius 3 is 2.45 bits per heavy atom. The number of amidine groups is 1. The second kappa shape index (κ2) is 12.2. The van der Waals surface area contributed by atoms with Gasteiger partial charge in [0.1, 0.15) is 6.61 Å². The molecule has 0 fully saturated rings. The van der Waals surface area contributed by atoms with Crippen LogP contribution in [0.2, 0.25) is 0 Å². The molecule has 0 N–H and O–H groups in total. The lowest BCUT2D eigenvalue weighted by molar-refractivity contribution is -0.143. The molecule has 228 valence electrons. The Labute approximate surface area is 252 Å². The van der Waals surface area contributed by atoms with Crippen LogP contribution in [-0.4, -0.2) is 35.1 Å². The number of fused-ring (bicyclic) bond motifs is 1. The number of hydrogen-bond acceptors (Lipinski definition) is 6. The Morgan fingerprint density at radius 2 is 1.73 bits per heavy atom. The van der Waals surface area contributed by atoms with E-state index in [4.69, 9.17) is 9.47 Å². The van der Waals surface area contributed by atoms with Crippen LogP contribution in [0.1, 0.15) is 27.8 Å². The van der Waals surface area contributed by atoms with Gasteiger partial charge in [-0.05, 0) is 71.4 Å². The van der Waals surface area contributed by atoms with Gasteiger partial charge < -0.3 is 14.4 Å². The van der Waals surface area contributed by atoms with Crippen LogP contribution < -0.4 is 9.47 Å². The first-order valence-electron chi connectivity index (χ1n) is 13.0. The third-order valence-electron chi connectivity index (χ3n) is 6.63. The summed E-state index contributed by atoms with van der Waals surface area (Å²) in [5.41, 5.74) is -0.891. The van der Waals surface area contributed by atoms with Crippen molar-refractivity contribution < 1.29 is 40.6 Å². The van der Waals surface area contributed by atoms with E-state index in [1.807, 2.05) is 42.3 Å². The van der Waals surface area contributed by atoms with Crippen molar-refractivity contribution in [2.45, 2.75) is 25.5 Å². The summed E-state index contributed by atoms with van der Waals surface area (Å²) in [5, 5.41) is 1.51. The van der Waals surface area contributed by atoms with E-state index in [1.165, 1.54) is 31.0 Å². The molecule has 1 aliphatic rings. The smallest absolute Gasteiger partial charge is 0.416 e. The Kier molecular flexibility index (Phi) is 8.60. The van der Waals surface area contributed by atoms with Crippen molar-refractivity contribution in [1.82, 2.24) is 9.88 Å². The number of carbonyl (C=O) groups is 1. The molecule has 3 aromatic carbocycles. The predicted octanol–water partition coefficient (Wildman–Crippen LogP) is 7.96. The molecule has 5 rings (SSSR count). The van der Waals surface area contributed by atoms with Crippen LogP contribution in [0.3, 0.4) is 0 Å². The van der Waals surface area contributed by atoms with E-state index in [2.05, 4.69) is 9.98 Å². The molecule has 2 heterocycles. The molecule has 0 bridgehead atoms. The number of aromatic nitrogens is 1. The van der Waals surface area contributed by atoms with E-state index < -0.39 is 41.6 Å². The minimum atomic E-state index is -5.02. The topological polar surface area (TPSA) is 64.0 Å².